The number of aryl methyl sites for hydroxylation is 2. The van der Waals surface area contributed by atoms with Crippen LogP contribution in [0, 0.1) is 19.3 Å². The number of rotatable bonds is 5. The van der Waals surface area contributed by atoms with Crippen molar-refractivity contribution < 1.29 is 13.2 Å². The van der Waals surface area contributed by atoms with Crippen molar-refractivity contribution in [2.75, 3.05) is 12.4 Å². The second-order valence-electron chi connectivity index (χ2n) is 5.36. The molecule has 1 aromatic carbocycles. The van der Waals surface area contributed by atoms with E-state index in [2.05, 4.69) is 0 Å². The summed E-state index contributed by atoms with van der Waals surface area (Å²) in [5, 5.41) is 0. The monoisotopic (exact) mass is 290 g/mol. The Morgan fingerprint density at radius 3 is 2.17 bits per heavy atom. The van der Waals surface area contributed by atoms with Crippen molar-refractivity contribution >= 4 is 19.7 Å². The third-order valence-corrected chi connectivity index (χ3v) is 4.03. The van der Waals surface area contributed by atoms with Gasteiger partial charge in [0.1, 0.15) is 5.75 Å². The first kappa shape index (κ1) is 15.3. The maximum absolute atomic E-state index is 11.1. The fourth-order valence-corrected chi connectivity index (χ4v) is 3.71. The minimum absolute atomic E-state index is 0.105. The summed E-state index contributed by atoms with van der Waals surface area (Å²) in [6.07, 6.45) is 0. The molecule has 18 heavy (non-hydrogen) atoms. The van der Waals surface area contributed by atoms with Crippen LogP contribution in [0.15, 0.2) is 18.2 Å². The van der Waals surface area contributed by atoms with E-state index in [1.54, 1.807) is 0 Å². The predicted molar refractivity (Wildman–Crippen MR) is 74.8 cm³/mol. The Bertz CT molecular complexity index is 501. The topological polar surface area (TPSA) is 43.4 Å². The lowest BCUT2D eigenvalue weighted by atomic mass is 9.98. The minimum Gasteiger partial charge on any atom is -0.492 e. The van der Waals surface area contributed by atoms with Crippen LogP contribution >= 0.6 is 10.7 Å². The number of ether oxygens (including phenoxy) is 1. The first-order chi connectivity index (χ1) is 8.11. The largest absolute Gasteiger partial charge is 0.492 e. The Hall–Kier alpha value is -0.740. The van der Waals surface area contributed by atoms with Crippen molar-refractivity contribution in [3.8, 4) is 5.75 Å². The smallest absolute Gasteiger partial charge is 0.233 e. The van der Waals surface area contributed by atoms with Gasteiger partial charge in [0.05, 0.1) is 12.4 Å². The second kappa shape index (κ2) is 5.49. The predicted octanol–water partition coefficient (Wildman–Crippen LogP) is 3.28. The Balaban J connectivity index is 2.76. The molecule has 0 amide bonds. The molecule has 1 rings (SSSR count). The maximum Gasteiger partial charge on any atom is 0.233 e. The SMILES string of the molecule is Cc1cccc(C)c1OCC(C)(C)CS(=O)(=O)Cl. The molecule has 0 aromatic heterocycles. The minimum atomic E-state index is -3.51. The molecule has 0 saturated heterocycles. The van der Waals surface area contributed by atoms with Gasteiger partial charge in [0, 0.05) is 16.1 Å². The van der Waals surface area contributed by atoms with Gasteiger partial charge in [0.2, 0.25) is 9.05 Å². The maximum atomic E-state index is 11.1. The number of benzene rings is 1. The van der Waals surface area contributed by atoms with E-state index in [4.69, 9.17) is 15.4 Å². The summed E-state index contributed by atoms with van der Waals surface area (Å²) < 4.78 is 28.0. The molecule has 0 atom stereocenters. The van der Waals surface area contributed by atoms with Gasteiger partial charge in [0.15, 0.2) is 0 Å². The Morgan fingerprint density at radius 1 is 1.22 bits per heavy atom. The highest BCUT2D eigenvalue weighted by atomic mass is 35.7. The molecule has 3 nitrogen and oxygen atoms in total. The second-order valence-corrected chi connectivity index (χ2v) is 8.13. The Morgan fingerprint density at radius 2 is 1.72 bits per heavy atom. The van der Waals surface area contributed by atoms with Gasteiger partial charge in [-0.25, -0.2) is 8.42 Å². The van der Waals surface area contributed by atoms with E-state index in [0.29, 0.717) is 6.61 Å². The molecule has 0 spiro atoms. The van der Waals surface area contributed by atoms with Crippen molar-refractivity contribution in [3.05, 3.63) is 29.3 Å². The van der Waals surface area contributed by atoms with E-state index in [1.807, 2.05) is 45.9 Å². The highest BCUT2D eigenvalue weighted by molar-refractivity contribution is 8.13. The van der Waals surface area contributed by atoms with Crippen LogP contribution in [0.3, 0.4) is 0 Å². The molecule has 0 bridgehead atoms. The van der Waals surface area contributed by atoms with E-state index in [1.165, 1.54) is 0 Å². The highest BCUT2D eigenvalue weighted by Gasteiger charge is 2.26. The standard InChI is InChI=1S/C13H19ClO3S/c1-10-6-5-7-11(2)12(10)17-8-13(3,4)9-18(14,15)16/h5-7H,8-9H2,1-4H3. The van der Waals surface area contributed by atoms with E-state index in [9.17, 15) is 8.42 Å². The number of hydrogen-bond donors (Lipinski definition) is 0. The molecule has 0 aliphatic rings. The third-order valence-electron chi connectivity index (χ3n) is 2.58. The zero-order valence-electron chi connectivity index (χ0n) is 11.2. The average Bonchev–Trinajstić information content (AvgIpc) is 2.12. The normalized spacial score (nSPS) is 12.5. The van der Waals surface area contributed by atoms with Gasteiger partial charge < -0.3 is 4.74 Å². The van der Waals surface area contributed by atoms with E-state index >= 15 is 0 Å². The van der Waals surface area contributed by atoms with Crippen molar-refractivity contribution in [1.82, 2.24) is 0 Å². The lowest BCUT2D eigenvalue weighted by molar-refractivity contribution is 0.198. The molecule has 0 N–H and O–H groups in total. The van der Waals surface area contributed by atoms with Gasteiger partial charge in [-0.15, -0.1) is 0 Å². The molecular weight excluding hydrogens is 272 g/mol. The summed E-state index contributed by atoms with van der Waals surface area (Å²) in [5.74, 6) is 0.712. The van der Waals surface area contributed by atoms with Gasteiger partial charge in [-0.05, 0) is 25.0 Å². The number of halogens is 1. The summed E-state index contributed by atoms with van der Waals surface area (Å²) in [7, 11) is 1.76. The van der Waals surface area contributed by atoms with Gasteiger partial charge in [0.25, 0.3) is 0 Å². The Labute approximate surface area is 114 Å². The van der Waals surface area contributed by atoms with E-state index < -0.39 is 14.5 Å². The van der Waals surface area contributed by atoms with Gasteiger partial charge in [-0.1, -0.05) is 32.0 Å². The fourth-order valence-electron chi connectivity index (χ4n) is 1.80. The van der Waals surface area contributed by atoms with E-state index in [0.717, 1.165) is 16.9 Å². The molecule has 0 saturated carbocycles. The molecule has 0 aliphatic carbocycles. The van der Waals surface area contributed by atoms with Crippen molar-refractivity contribution in [2.45, 2.75) is 27.7 Å². The van der Waals surface area contributed by atoms with Crippen molar-refractivity contribution in [3.63, 3.8) is 0 Å². The van der Waals surface area contributed by atoms with Crippen LogP contribution < -0.4 is 4.74 Å². The molecule has 0 radical (unpaired) electrons. The van der Waals surface area contributed by atoms with Crippen LogP contribution in [0.5, 0.6) is 5.75 Å². The lowest BCUT2D eigenvalue weighted by Gasteiger charge is -2.24. The fraction of sp³-hybridized carbons (Fsp3) is 0.538. The molecule has 0 heterocycles. The summed E-state index contributed by atoms with van der Waals surface area (Å²) in [6.45, 7) is 7.88. The van der Waals surface area contributed by atoms with Gasteiger partial charge in [-0.3, -0.25) is 0 Å². The molecule has 0 aliphatic heterocycles. The average molecular weight is 291 g/mol. The molecule has 102 valence electrons. The lowest BCUT2D eigenvalue weighted by Crippen LogP contribution is -2.28. The van der Waals surface area contributed by atoms with Crippen LogP contribution in [0.25, 0.3) is 0 Å². The van der Waals surface area contributed by atoms with Crippen LogP contribution in [-0.4, -0.2) is 20.8 Å². The summed E-state index contributed by atoms with van der Waals surface area (Å²) in [4.78, 5) is 0. The van der Waals surface area contributed by atoms with Gasteiger partial charge >= 0.3 is 0 Å². The van der Waals surface area contributed by atoms with Crippen LogP contribution in [0.4, 0.5) is 0 Å². The summed E-state index contributed by atoms with van der Waals surface area (Å²) in [6, 6.07) is 5.90. The van der Waals surface area contributed by atoms with Crippen molar-refractivity contribution in [2.24, 2.45) is 5.41 Å². The van der Waals surface area contributed by atoms with Gasteiger partial charge in [-0.2, -0.15) is 0 Å². The summed E-state index contributed by atoms with van der Waals surface area (Å²) in [5.41, 5.74) is 1.56. The zero-order valence-corrected chi connectivity index (χ0v) is 12.7. The number of para-hydroxylation sites is 1. The summed E-state index contributed by atoms with van der Waals surface area (Å²) >= 11 is 0. The molecule has 0 fully saturated rings. The Kier molecular flexibility index (Phi) is 4.67. The first-order valence-electron chi connectivity index (χ1n) is 5.72. The highest BCUT2D eigenvalue weighted by Crippen LogP contribution is 2.26. The van der Waals surface area contributed by atoms with Crippen molar-refractivity contribution in [1.29, 1.82) is 0 Å². The molecule has 5 heteroatoms. The number of hydrogen-bond acceptors (Lipinski definition) is 3. The quantitative estimate of drug-likeness (QED) is 0.782. The van der Waals surface area contributed by atoms with E-state index in [-0.39, 0.29) is 5.75 Å². The zero-order chi connectivity index (χ0) is 14.0. The molecular formula is C13H19ClO3S. The molecule has 1 aromatic rings. The van der Waals surface area contributed by atoms with Crippen LogP contribution in [0.2, 0.25) is 0 Å². The van der Waals surface area contributed by atoms with Crippen LogP contribution in [-0.2, 0) is 9.05 Å². The van der Waals surface area contributed by atoms with Crippen LogP contribution in [0.1, 0.15) is 25.0 Å². The third kappa shape index (κ3) is 4.86. The first-order valence-corrected chi connectivity index (χ1v) is 8.20. The molecule has 0 unspecified atom stereocenters.